The molecule has 1 aliphatic heterocycles. The standard InChI is InChI=1S/C20H31N3O4.C4H8/c1-2-16-4-3-5-17(12-16)13-21-14-18(24)15-22-19(25)6-7-20(26)23-8-10-27-11-9-23;1-3-4-2/h3-5,12,18,21,24H,2,6-11,13-15H2,1H3,(H,22,25);3H,1,4H2,2H3. The molecule has 2 rings (SSSR count). The summed E-state index contributed by atoms with van der Waals surface area (Å²) in [5.41, 5.74) is 2.46. The summed E-state index contributed by atoms with van der Waals surface area (Å²) in [6.07, 6.45) is 3.61. The summed E-state index contributed by atoms with van der Waals surface area (Å²) in [5, 5.41) is 15.9. The molecule has 0 bridgehead atoms. The van der Waals surface area contributed by atoms with Crippen LogP contribution in [0.25, 0.3) is 0 Å². The molecule has 1 saturated heterocycles. The summed E-state index contributed by atoms with van der Waals surface area (Å²) in [7, 11) is 0. The number of amides is 2. The number of carbonyl (C=O) groups is 2. The van der Waals surface area contributed by atoms with Crippen molar-refractivity contribution in [3.8, 4) is 0 Å². The van der Waals surface area contributed by atoms with Gasteiger partial charge in [-0.15, -0.1) is 6.58 Å². The SMILES string of the molecule is C=CCC.CCc1cccc(CNCC(O)CNC(=O)CCC(=O)N2CCOCC2)c1. The van der Waals surface area contributed by atoms with Gasteiger partial charge in [0.25, 0.3) is 0 Å². The second-order valence-corrected chi connectivity index (χ2v) is 7.45. The van der Waals surface area contributed by atoms with Crippen molar-refractivity contribution in [2.24, 2.45) is 0 Å². The van der Waals surface area contributed by atoms with Crippen LogP contribution in [0.4, 0.5) is 0 Å². The quantitative estimate of drug-likeness (QED) is 0.465. The minimum atomic E-state index is -0.668. The van der Waals surface area contributed by atoms with Crippen molar-refractivity contribution >= 4 is 11.8 Å². The van der Waals surface area contributed by atoms with Gasteiger partial charge in [-0.3, -0.25) is 9.59 Å². The lowest BCUT2D eigenvalue weighted by Crippen LogP contribution is -2.41. The van der Waals surface area contributed by atoms with E-state index >= 15 is 0 Å². The normalized spacial score (nSPS) is 14.2. The molecule has 0 spiro atoms. The van der Waals surface area contributed by atoms with Gasteiger partial charge in [0.05, 0.1) is 19.3 Å². The first-order chi connectivity index (χ1) is 15.0. The van der Waals surface area contributed by atoms with Crippen molar-refractivity contribution in [1.29, 1.82) is 0 Å². The average Bonchev–Trinajstić information content (AvgIpc) is 2.82. The minimum absolute atomic E-state index is 0.0232. The van der Waals surface area contributed by atoms with Gasteiger partial charge in [0.15, 0.2) is 0 Å². The molecule has 1 fully saturated rings. The van der Waals surface area contributed by atoms with Crippen LogP contribution in [0.1, 0.15) is 44.2 Å². The fraction of sp³-hybridized carbons (Fsp3) is 0.583. The number of hydrogen-bond acceptors (Lipinski definition) is 5. The first-order valence-corrected chi connectivity index (χ1v) is 11.2. The number of aliphatic hydroxyl groups is 1. The molecule has 1 aliphatic rings. The van der Waals surface area contributed by atoms with Gasteiger partial charge in [-0.2, -0.15) is 0 Å². The van der Waals surface area contributed by atoms with Crippen LogP contribution in [0.5, 0.6) is 0 Å². The monoisotopic (exact) mass is 433 g/mol. The van der Waals surface area contributed by atoms with Crippen molar-refractivity contribution < 1.29 is 19.4 Å². The number of aryl methyl sites for hydroxylation is 1. The van der Waals surface area contributed by atoms with Gasteiger partial charge in [-0.05, 0) is 24.0 Å². The first kappa shape index (κ1) is 26.8. The van der Waals surface area contributed by atoms with Gasteiger partial charge >= 0.3 is 0 Å². The number of nitrogens with one attached hydrogen (secondary N) is 2. The number of allylic oxidation sites excluding steroid dienone is 1. The molecule has 0 radical (unpaired) electrons. The number of aliphatic hydroxyl groups excluding tert-OH is 1. The number of rotatable bonds is 11. The lowest BCUT2D eigenvalue weighted by atomic mass is 10.1. The third-order valence-corrected chi connectivity index (χ3v) is 4.86. The summed E-state index contributed by atoms with van der Waals surface area (Å²) in [4.78, 5) is 25.6. The van der Waals surface area contributed by atoms with Crippen LogP contribution in [0, 0.1) is 0 Å². The first-order valence-electron chi connectivity index (χ1n) is 11.2. The Balaban J connectivity index is 0.00000110. The van der Waals surface area contributed by atoms with Crippen LogP contribution in [0.2, 0.25) is 0 Å². The molecule has 1 atom stereocenters. The number of benzene rings is 1. The Kier molecular flexibility index (Phi) is 14.2. The topological polar surface area (TPSA) is 90.9 Å². The van der Waals surface area contributed by atoms with E-state index in [1.807, 2.05) is 18.2 Å². The Hall–Kier alpha value is -2.22. The van der Waals surface area contributed by atoms with E-state index in [0.29, 0.717) is 39.4 Å². The zero-order valence-corrected chi connectivity index (χ0v) is 19.1. The van der Waals surface area contributed by atoms with E-state index in [2.05, 4.69) is 43.2 Å². The van der Waals surface area contributed by atoms with E-state index < -0.39 is 6.10 Å². The Bertz CT molecular complexity index is 660. The highest BCUT2D eigenvalue weighted by atomic mass is 16.5. The molecule has 0 aromatic heterocycles. The van der Waals surface area contributed by atoms with E-state index in [0.717, 1.165) is 12.8 Å². The number of ether oxygens (including phenoxy) is 1. The zero-order chi connectivity index (χ0) is 22.9. The fourth-order valence-corrected chi connectivity index (χ4v) is 2.93. The Morgan fingerprint density at radius 1 is 1.19 bits per heavy atom. The van der Waals surface area contributed by atoms with Gasteiger partial charge in [-0.25, -0.2) is 0 Å². The van der Waals surface area contributed by atoms with Gasteiger partial charge in [-0.1, -0.05) is 44.2 Å². The van der Waals surface area contributed by atoms with Crippen molar-refractivity contribution in [1.82, 2.24) is 15.5 Å². The highest BCUT2D eigenvalue weighted by Crippen LogP contribution is 2.05. The molecule has 31 heavy (non-hydrogen) atoms. The highest BCUT2D eigenvalue weighted by molar-refractivity contribution is 5.83. The summed E-state index contributed by atoms with van der Waals surface area (Å²) in [6.45, 7) is 11.2. The van der Waals surface area contributed by atoms with Crippen molar-refractivity contribution in [3.05, 3.63) is 48.0 Å². The molecule has 7 nitrogen and oxygen atoms in total. The van der Waals surface area contributed by atoms with Gasteiger partial charge in [0.2, 0.25) is 11.8 Å². The van der Waals surface area contributed by atoms with Gasteiger partial charge in [0.1, 0.15) is 0 Å². The van der Waals surface area contributed by atoms with Crippen LogP contribution in [0.3, 0.4) is 0 Å². The molecule has 0 saturated carbocycles. The maximum Gasteiger partial charge on any atom is 0.223 e. The summed E-state index contributed by atoms with van der Waals surface area (Å²) in [5.74, 6) is -0.240. The van der Waals surface area contributed by atoms with Crippen molar-refractivity contribution in [2.45, 2.75) is 52.2 Å². The van der Waals surface area contributed by atoms with Gasteiger partial charge in [0, 0.05) is 45.6 Å². The van der Waals surface area contributed by atoms with E-state index in [-0.39, 0.29) is 31.2 Å². The van der Waals surface area contributed by atoms with E-state index in [9.17, 15) is 14.7 Å². The Morgan fingerprint density at radius 2 is 1.87 bits per heavy atom. The molecule has 3 N–H and O–H groups in total. The molecule has 1 unspecified atom stereocenters. The summed E-state index contributed by atoms with van der Waals surface area (Å²) >= 11 is 0. The molecule has 0 aliphatic carbocycles. The van der Waals surface area contributed by atoms with Crippen LogP contribution in [-0.2, 0) is 27.3 Å². The van der Waals surface area contributed by atoms with E-state index in [4.69, 9.17) is 4.74 Å². The molecular weight excluding hydrogens is 394 g/mol. The van der Waals surface area contributed by atoms with Crippen LogP contribution in [-0.4, -0.2) is 67.3 Å². The largest absolute Gasteiger partial charge is 0.390 e. The molecule has 1 heterocycles. The smallest absolute Gasteiger partial charge is 0.223 e. The predicted molar refractivity (Wildman–Crippen MR) is 124 cm³/mol. The fourth-order valence-electron chi connectivity index (χ4n) is 2.93. The molecular formula is C24H39N3O4. The predicted octanol–water partition coefficient (Wildman–Crippen LogP) is 2.04. The Morgan fingerprint density at radius 3 is 2.52 bits per heavy atom. The number of nitrogens with zero attached hydrogens (tertiary/aromatic N) is 1. The van der Waals surface area contributed by atoms with Gasteiger partial charge < -0.3 is 25.4 Å². The number of hydrogen-bond donors (Lipinski definition) is 3. The third kappa shape index (κ3) is 12.3. The third-order valence-electron chi connectivity index (χ3n) is 4.86. The molecule has 7 heteroatoms. The van der Waals surface area contributed by atoms with Crippen LogP contribution >= 0.6 is 0 Å². The van der Waals surface area contributed by atoms with E-state index in [1.165, 1.54) is 11.1 Å². The molecule has 1 aromatic carbocycles. The lowest BCUT2D eigenvalue weighted by Gasteiger charge is -2.26. The number of carbonyl (C=O) groups excluding carboxylic acids is 2. The average molecular weight is 434 g/mol. The summed E-state index contributed by atoms with van der Waals surface area (Å²) in [6, 6.07) is 8.32. The van der Waals surface area contributed by atoms with E-state index in [1.54, 1.807) is 4.90 Å². The minimum Gasteiger partial charge on any atom is -0.390 e. The highest BCUT2D eigenvalue weighted by Gasteiger charge is 2.17. The number of morpholine rings is 1. The molecule has 174 valence electrons. The molecule has 1 aromatic rings. The zero-order valence-electron chi connectivity index (χ0n) is 19.1. The summed E-state index contributed by atoms with van der Waals surface area (Å²) < 4.78 is 5.21. The van der Waals surface area contributed by atoms with Crippen LogP contribution < -0.4 is 10.6 Å². The maximum absolute atomic E-state index is 12.0. The maximum atomic E-state index is 12.0. The second kappa shape index (κ2) is 16.5. The Labute approximate surface area is 186 Å². The lowest BCUT2D eigenvalue weighted by molar-refractivity contribution is -0.137. The van der Waals surface area contributed by atoms with Crippen LogP contribution in [0.15, 0.2) is 36.9 Å². The molecule has 2 amide bonds. The second-order valence-electron chi connectivity index (χ2n) is 7.45. The van der Waals surface area contributed by atoms with Crippen molar-refractivity contribution in [2.75, 3.05) is 39.4 Å². The van der Waals surface area contributed by atoms with Crippen molar-refractivity contribution in [3.63, 3.8) is 0 Å².